The third kappa shape index (κ3) is 5.56. The summed E-state index contributed by atoms with van der Waals surface area (Å²) in [6, 6.07) is 13.2. The summed E-state index contributed by atoms with van der Waals surface area (Å²) in [5.41, 5.74) is 10.3. The first-order valence-electron chi connectivity index (χ1n) is 12.8. The lowest BCUT2D eigenvalue weighted by molar-refractivity contribution is -0.138. The van der Waals surface area contributed by atoms with Crippen molar-refractivity contribution in [2.75, 3.05) is 25.0 Å². The van der Waals surface area contributed by atoms with Crippen molar-refractivity contribution in [3.63, 3.8) is 0 Å². The van der Waals surface area contributed by atoms with Gasteiger partial charge in [-0.25, -0.2) is 4.39 Å². The van der Waals surface area contributed by atoms with E-state index in [1.54, 1.807) is 10.7 Å². The zero-order valence-electron chi connectivity index (χ0n) is 21.2. The van der Waals surface area contributed by atoms with Gasteiger partial charge < -0.3 is 25.8 Å². The van der Waals surface area contributed by atoms with Gasteiger partial charge in [0.25, 0.3) is 0 Å². The number of carbonyl (C=O) groups is 2. The van der Waals surface area contributed by atoms with Crippen molar-refractivity contribution in [1.82, 2.24) is 14.7 Å². The van der Waals surface area contributed by atoms with Crippen molar-refractivity contribution < 1.29 is 23.8 Å². The van der Waals surface area contributed by atoms with Crippen molar-refractivity contribution in [2.45, 2.75) is 37.6 Å². The van der Waals surface area contributed by atoms with E-state index in [1.165, 1.54) is 4.90 Å². The van der Waals surface area contributed by atoms with Crippen LogP contribution in [-0.2, 0) is 23.2 Å². The van der Waals surface area contributed by atoms with Crippen LogP contribution in [0.2, 0.25) is 0 Å². The molecule has 1 aliphatic heterocycles. The molecule has 2 aliphatic rings. The van der Waals surface area contributed by atoms with Gasteiger partial charge in [0.05, 0.1) is 12.7 Å². The number of piperidine rings is 1. The van der Waals surface area contributed by atoms with Crippen molar-refractivity contribution in [2.24, 2.45) is 18.7 Å². The third-order valence-electron chi connectivity index (χ3n) is 7.27. The molecule has 2 aromatic carbocycles. The van der Waals surface area contributed by atoms with Gasteiger partial charge in [0, 0.05) is 49.9 Å². The average Bonchev–Trinajstić information content (AvgIpc) is 3.62. The second-order valence-corrected chi connectivity index (χ2v) is 9.95. The Hall–Kier alpha value is -3.76. The topological polar surface area (TPSA) is 123 Å². The minimum atomic E-state index is -1.37. The number of aromatic nitrogens is 2. The molecular formula is C28H32FN5O4. The Morgan fingerprint density at radius 1 is 1.24 bits per heavy atom. The van der Waals surface area contributed by atoms with Gasteiger partial charge in [-0.2, -0.15) is 5.10 Å². The Balaban J connectivity index is 1.24. The molecule has 9 nitrogen and oxygen atoms in total. The van der Waals surface area contributed by atoms with Crippen LogP contribution in [0.15, 0.2) is 54.9 Å². The van der Waals surface area contributed by atoms with Gasteiger partial charge in [0.1, 0.15) is 18.5 Å². The van der Waals surface area contributed by atoms with E-state index in [1.807, 2.05) is 55.8 Å². The number of amides is 2. The molecule has 1 aromatic heterocycles. The number of nitrogens with one attached hydrogen (secondary N) is 1. The van der Waals surface area contributed by atoms with Gasteiger partial charge in [0.15, 0.2) is 6.17 Å². The van der Waals surface area contributed by atoms with Crippen molar-refractivity contribution in [1.29, 1.82) is 0 Å². The molecular weight excluding hydrogens is 489 g/mol. The van der Waals surface area contributed by atoms with Crippen LogP contribution in [0, 0.1) is 5.92 Å². The number of halogens is 1. The Kier molecular flexibility index (Phi) is 7.44. The Morgan fingerprint density at radius 3 is 2.76 bits per heavy atom. The minimum absolute atomic E-state index is 0.00471. The second-order valence-electron chi connectivity index (χ2n) is 9.95. The first-order valence-corrected chi connectivity index (χ1v) is 12.8. The number of aliphatic hydroxyl groups is 1. The van der Waals surface area contributed by atoms with E-state index in [0.29, 0.717) is 24.4 Å². The molecule has 38 heavy (non-hydrogen) atoms. The van der Waals surface area contributed by atoms with E-state index < -0.39 is 24.8 Å². The number of aryl methyl sites for hydroxylation is 1. The standard InChI is InChI=1S/C28H32FN5O4/c1-33-14-20(13-31-33)22-11-23(22)28(37)32-21-4-2-3-17(10-21)18-5-6-25(19(9-18)12-30)38-26-7-8-34(15-24(26)29)27(36)16-35/h2-6,9-10,13-14,22-24,26,35H,7-8,11-12,15-16,30H2,1H3,(H,32,37)/t22?,23?,24-,26+/m1/s1. The molecule has 2 heterocycles. The SMILES string of the molecule is Cn1cc(C2CC2C(=O)Nc2cccc(-c3ccc(O[C@H]4CCN(C(=O)CO)C[C@H]4F)c(CN)c3)c2)cn1. The summed E-state index contributed by atoms with van der Waals surface area (Å²) in [6.45, 7) is -0.213. The number of hydrogen-bond donors (Lipinski definition) is 3. The number of benzene rings is 2. The predicted molar refractivity (Wildman–Crippen MR) is 140 cm³/mol. The molecule has 200 valence electrons. The molecule has 1 saturated carbocycles. The fourth-order valence-electron chi connectivity index (χ4n) is 5.04. The number of nitrogens with two attached hydrogens (primary N) is 1. The lowest BCUT2D eigenvalue weighted by atomic mass is 10.0. The molecule has 2 fully saturated rings. The number of nitrogens with zero attached hydrogens (tertiary/aromatic N) is 3. The van der Waals surface area contributed by atoms with E-state index in [9.17, 15) is 14.0 Å². The quantitative estimate of drug-likeness (QED) is 0.419. The predicted octanol–water partition coefficient (Wildman–Crippen LogP) is 2.60. The number of rotatable bonds is 8. The first kappa shape index (κ1) is 25.9. The smallest absolute Gasteiger partial charge is 0.248 e. The molecule has 0 spiro atoms. The number of alkyl halides is 1. The molecule has 3 aromatic rings. The highest BCUT2D eigenvalue weighted by atomic mass is 19.1. The van der Waals surface area contributed by atoms with Gasteiger partial charge in [-0.15, -0.1) is 0 Å². The molecule has 5 rings (SSSR count). The summed E-state index contributed by atoms with van der Waals surface area (Å²) in [5.74, 6) is 0.163. The van der Waals surface area contributed by atoms with Gasteiger partial charge in [-0.3, -0.25) is 14.3 Å². The number of carbonyl (C=O) groups excluding carboxylic acids is 2. The summed E-state index contributed by atoms with van der Waals surface area (Å²) in [4.78, 5) is 25.8. The summed E-state index contributed by atoms with van der Waals surface area (Å²) in [7, 11) is 1.87. The average molecular weight is 522 g/mol. The normalized spacial score (nSPS) is 22.7. The summed E-state index contributed by atoms with van der Waals surface area (Å²) >= 11 is 0. The number of ether oxygens (including phenoxy) is 1. The fraction of sp³-hybridized carbons (Fsp3) is 0.393. The van der Waals surface area contributed by atoms with E-state index in [4.69, 9.17) is 15.6 Å². The van der Waals surface area contributed by atoms with E-state index in [0.717, 1.165) is 28.7 Å². The lowest BCUT2D eigenvalue weighted by Crippen LogP contribution is -2.50. The monoisotopic (exact) mass is 521 g/mol. The number of hydrogen-bond acceptors (Lipinski definition) is 6. The Labute approximate surface area is 220 Å². The minimum Gasteiger partial charge on any atom is -0.487 e. The molecule has 4 atom stereocenters. The zero-order valence-corrected chi connectivity index (χ0v) is 21.2. The second kappa shape index (κ2) is 10.9. The van der Waals surface area contributed by atoms with Crippen LogP contribution in [0.25, 0.3) is 11.1 Å². The van der Waals surface area contributed by atoms with Crippen LogP contribution in [0.5, 0.6) is 5.75 Å². The van der Waals surface area contributed by atoms with Gasteiger partial charge >= 0.3 is 0 Å². The molecule has 1 saturated heterocycles. The Bertz CT molecular complexity index is 1330. The Morgan fingerprint density at radius 2 is 2.05 bits per heavy atom. The molecule has 2 amide bonds. The van der Waals surface area contributed by atoms with Crippen molar-refractivity contribution in [3.05, 3.63) is 66.0 Å². The largest absolute Gasteiger partial charge is 0.487 e. The van der Waals surface area contributed by atoms with E-state index >= 15 is 0 Å². The van der Waals surface area contributed by atoms with E-state index in [2.05, 4.69) is 10.4 Å². The van der Waals surface area contributed by atoms with Crippen LogP contribution in [0.1, 0.15) is 29.9 Å². The molecule has 0 bridgehead atoms. The molecule has 2 unspecified atom stereocenters. The number of aliphatic hydroxyl groups excluding tert-OH is 1. The van der Waals surface area contributed by atoms with Crippen LogP contribution >= 0.6 is 0 Å². The zero-order chi connectivity index (χ0) is 26.8. The molecule has 10 heteroatoms. The van der Waals surface area contributed by atoms with Crippen molar-refractivity contribution in [3.8, 4) is 16.9 Å². The fourth-order valence-corrected chi connectivity index (χ4v) is 5.04. The van der Waals surface area contributed by atoms with Gasteiger partial charge in [-0.05, 0) is 53.3 Å². The number of likely N-dealkylation sites (tertiary alicyclic amines) is 1. The van der Waals surface area contributed by atoms with Crippen LogP contribution in [-0.4, -0.2) is 63.6 Å². The van der Waals surface area contributed by atoms with Crippen LogP contribution in [0.4, 0.5) is 10.1 Å². The summed E-state index contributed by atoms with van der Waals surface area (Å²) in [6.07, 6.45) is 2.84. The third-order valence-corrected chi connectivity index (χ3v) is 7.27. The van der Waals surface area contributed by atoms with Crippen molar-refractivity contribution >= 4 is 17.5 Å². The van der Waals surface area contributed by atoms with Crippen LogP contribution in [0.3, 0.4) is 0 Å². The highest BCUT2D eigenvalue weighted by Crippen LogP contribution is 2.47. The van der Waals surface area contributed by atoms with Crippen LogP contribution < -0.4 is 15.8 Å². The van der Waals surface area contributed by atoms with Gasteiger partial charge in [-0.1, -0.05) is 18.2 Å². The van der Waals surface area contributed by atoms with E-state index in [-0.39, 0.29) is 30.8 Å². The first-order chi connectivity index (χ1) is 18.4. The summed E-state index contributed by atoms with van der Waals surface area (Å²) in [5, 5.41) is 16.3. The number of anilines is 1. The maximum atomic E-state index is 14.7. The molecule has 0 radical (unpaired) electrons. The lowest BCUT2D eigenvalue weighted by Gasteiger charge is -2.34. The maximum Gasteiger partial charge on any atom is 0.248 e. The maximum absolute atomic E-state index is 14.7. The molecule has 4 N–H and O–H groups in total. The van der Waals surface area contributed by atoms with Gasteiger partial charge in [0.2, 0.25) is 11.8 Å². The highest BCUT2D eigenvalue weighted by molar-refractivity contribution is 5.95. The molecule has 1 aliphatic carbocycles. The highest BCUT2D eigenvalue weighted by Gasteiger charge is 2.44. The summed E-state index contributed by atoms with van der Waals surface area (Å²) < 4.78 is 22.5.